The molecule has 28 aromatic carbocycles. The molecule has 2 saturated carbocycles. The second-order valence-corrected chi connectivity index (χ2v) is 47.4. The van der Waals surface area contributed by atoms with Crippen LogP contribution in [0.4, 0.5) is 9.59 Å². The van der Waals surface area contributed by atoms with Crippen LogP contribution in [0, 0.1) is 10.8 Å². The van der Waals surface area contributed by atoms with Crippen LogP contribution < -0.4 is 9.47 Å². The van der Waals surface area contributed by atoms with Crippen LogP contribution >= 0.6 is 0 Å². The molecule has 2 N–H and O–H groups in total. The summed E-state index contributed by atoms with van der Waals surface area (Å²) in [6.07, 6.45) is 7.76. The molecule has 146 heavy (non-hydrogen) atoms. The van der Waals surface area contributed by atoms with Crippen molar-refractivity contribution in [1.29, 1.82) is 0 Å². The summed E-state index contributed by atoms with van der Waals surface area (Å²) in [6, 6.07) is 53.6. The molecule has 0 radical (unpaired) electrons. The number of benzene rings is 22. The zero-order chi connectivity index (χ0) is 96.5. The van der Waals surface area contributed by atoms with Crippen molar-refractivity contribution in [2.45, 2.75) is 165 Å². The number of phenolic OH excluding ortho intramolecular Hbond substituents is 2. The van der Waals surface area contributed by atoms with E-state index in [0.29, 0.717) is 75.7 Å². The molecule has 16 nitrogen and oxygen atoms in total. The molecule has 4 unspecified atom stereocenters. The average molecular weight is 1900 g/mol. The topological polar surface area (TPSA) is 217 Å². The fourth-order valence-corrected chi connectivity index (χ4v) is 34.3. The maximum atomic E-state index is 16.0. The molecule has 10 aliphatic rings. The van der Waals surface area contributed by atoms with Crippen LogP contribution in [0.5, 0.6) is 23.0 Å². The summed E-state index contributed by atoms with van der Waals surface area (Å²) in [7, 11) is 0. The number of carbonyl (C=O) groups is 6. The third-order valence-electron chi connectivity index (χ3n) is 38.4. The highest BCUT2D eigenvalue weighted by atomic mass is 16.7. The standard InChI is InChI=1S/C70H50O10.C60H34O6/c1-67(2,3)79-65(73)77-38-15-11-29(12-16-38)9-7-19-75-63(71)70(64(72)76-20-8-10-30-13-17-39(18-14-30)78-66(74)80-68(4,5)6)62-40-27-36-25-33-23-34-22-31-21-32-24-35-26-37-28-69(62,70)61-47(37)52-46(35)51-42(32)41(31)49-45(34)50-43(33)44(36)53-48(40)60(61)59-57(52)55(51)54(49)56(50)58(53)59;61-32-9-5-23(6-10-32)3-1-13-65-57(63)60(58(64)66-14-2-4-24-7-11-33(62)12-8-24)56-34-21-30-19-27-17-28-16-25-15-26-18-29-20-31-22-59(56,60)55-41(31)46-40(29)45-36(26)35(25)43-39(28)44-37(27)38(30)47-42(34)54(55)53-51(46)49(45)48(43)50(44)52(47)53/h11-18,22-24,26-27,62H,7-10,19-21,25,28H2,1-6H3;5-12,16-18,20-21,56,61-62H,1-4,13-15,19,22H2. The van der Waals surface area contributed by atoms with Gasteiger partial charge in [-0.05, 0) is 517 Å². The number of aryl methyl sites for hydroxylation is 4. The second kappa shape index (κ2) is 24.5. The van der Waals surface area contributed by atoms with Crippen LogP contribution in [0.15, 0.2) is 158 Å². The normalized spacial score (nSPS) is 19.0. The van der Waals surface area contributed by atoms with E-state index < -0.39 is 80.9 Å². The minimum Gasteiger partial charge on any atom is -0.508 e. The summed E-state index contributed by atoms with van der Waals surface area (Å²) in [4.78, 5) is 88.3. The largest absolute Gasteiger partial charge is 0.514 e. The van der Waals surface area contributed by atoms with Crippen LogP contribution in [0.1, 0.15) is 179 Å². The second-order valence-electron chi connectivity index (χ2n) is 47.4. The lowest BCUT2D eigenvalue weighted by molar-refractivity contribution is -0.168. The van der Waals surface area contributed by atoms with Gasteiger partial charge in [0.1, 0.15) is 34.2 Å². The van der Waals surface area contributed by atoms with E-state index in [1.165, 1.54) is 298 Å². The Morgan fingerprint density at radius 3 is 0.760 bits per heavy atom. The molecule has 700 valence electrons. The number of hydrogen-bond donors (Lipinski definition) is 2. The van der Waals surface area contributed by atoms with E-state index in [2.05, 4.69) is 60.7 Å². The molecule has 0 saturated heterocycles. The summed E-state index contributed by atoms with van der Waals surface area (Å²) in [6.45, 7) is 11.3. The highest BCUT2D eigenvalue weighted by molar-refractivity contribution is 6.68. The number of esters is 4. The number of aromatic hydroxyl groups is 2. The first-order chi connectivity index (χ1) is 70.9. The highest BCUT2D eigenvalue weighted by Gasteiger charge is 2.91. The van der Waals surface area contributed by atoms with Gasteiger partial charge in [-0.25, -0.2) is 9.59 Å². The zero-order valence-corrected chi connectivity index (χ0v) is 80.5. The van der Waals surface area contributed by atoms with Gasteiger partial charge in [0.25, 0.3) is 0 Å². The Kier molecular flexibility index (Phi) is 13.2. The van der Waals surface area contributed by atoms with E-state index in [9.17, 15) is 19.8 Å². The van der Waals surface area contributed by atoms with Crippen molar-refractivity contribution < 1.29 is 76.9 Å². The van der Waals surface area contributed by atoms with E-state index in [0.717, 1.165) is 64.6 Å². The summed E-state index contributed by atoms with van der Waals surface area (Å²) in [5.74, 6) is -1.73. The predicted molar refractivity (Wildman–Crippen MR) is 569 cm³/mol. The minimum atomic E-state index is -1.65. The van der Waals surface area contributed by atoms with Gasteiger partial charge < -0.3 is 48.1 Å². The monoisotopic (exact) mass is 1900 g/mol. The molecular weight excluding hydrogens is 1820 g/mol. The molecule has 28 aromatic rings. The van der Waals surface area contributed by atoms with Gasteiger partial charge >= 0.3 is 36.2 Å². The van der Waals surface area contributed by atoms with Crippen molar-refractivity contribution in [3.05, 3.63) is 258 Å². The van der Waals surface area contributed by atoms with Gasteiger partial charge in [-0.3, -0.25) is 19.2 Å². The van der Waals surface area contributed by atoms with Gasteiger partial charge in [0.05, 0.1) is 26.4 Å². The molecule has 2 fully saturated rings. The molecule has 0 amide bonds. The Morgan fingerprint density at radius 1 is 0.267 bits per heavy atom. The van der Waals surface area contributed by atoms with Gasteiger partial charge in [-0.2, -0.15) is 0 Å². The van der Waals surface area contributed by atoms with E-state index in [1.54, 1.807) is 90.1 Å². The lowest BCUT2D eigenvalue weighted by Gasteiger charge is -2.23. The van der Waals surface area contributed by atoms with E-state index in [4.69, 9.17) is 37.9 Å². The Hall–Kier alpha value is -15.9. The number of carbonyl (C=O) groups excluding carboxylic acids is 6. The molecule has 16 heteroatoms. The molecule has 4 atom stereocenters. The summed E-state index contributed by atoms with van der Waals surface area (Å²) in [5.41, 5.74) is 15.8. The maximum absolute atomic E-state index is 16.0. The Labute approximate surface area is 828 Å². The van der Waals surface area contributed by atoms with Gasteiger partial charge in [-0.15, -0.1) is 0 Å². The summed E-state index contributed by atoms with van der Waals surface area (Å²) in [5, 5.41) is 80.5. The number of ether oxygens (including phenoxy) is 8. The fraction of sp³-hybridized carbons (Fsp3) is 0.246. The van der Waals surface area contributed by atoms with Crippen molar-refractivity contribution in [2.75, 3.05) is 26.4 Å². The summed E-state index contributed by atoms with van der Waals surface area (Å²) >= 11 is 0. The molecule has 0 bridgehead atoms. The quantitative estimate of drug-likeness (QED) is 0.0161. The molecule has 0 aromatic heterocycles. The molecule has 38 rings (SSSR count). The third-order valence-corrected chi connectivity index (χ3v) is 38.4. The first-order valence-corrected chi connectivity index (χ1v) is 52.2. The van der Waals surface area contributed by atoms with E-state index in [-0.39, 0.29) is 37.9 Å². The van der Waals surface area contributed by atoms with Gasteiger partial charge in [0, 0.05) is 22.7 Å². The van der Waals surface area contributed by atoms with Crippen LogP contribution in [0.25, 0.3) is 237 Å². The van der Waals surface area contributed by atoms with Crippen LogP contribution in [-0.4, -0.2) is 84.0 Å². The molecular formula is C130H84O16. The van der Waals surface area contributed by atoms with Crippen LogP contribution in [-0.2, 0) is 123 Å². The van der Waals surface area contributed by atoms with Crippen molar-refractivity contribution in [2.24, 2.45) is 10.8 Å². The Balaban J connectivity index is 0.000000121. The van der Waals surface area contributed by atoms with Crippen molar-refractivity contribution in [3.63, 3.8) is 0 Å². The van der Waals surface area contributed by atoms with Gasteiger partial charge in [-0.1, -0.05) is 109 Å². The van der Waals surface area contributed by atoms with Crippen molar-refractivity contribution >= 4 is 273 Å². The lowest BCUT2D eigenvalue weighted by atomic mass is 9.80. The van der Waals surface area contributed by atoms with Crippen molar-refractivity contribution in [3.8, 4) is 23.0 Å². The number of fused-ring (bicyclic) bond motifs is 2. The Bertz CT molecular complexity index is 10800. The SMILES string of the molecule is CC(C)(C)OC(=O)Oc1ccc(CCCOC(=O)C2(C(=O)OCCCc3ccc(OC(=O)OC(C)(C)C)cc3)C3c4cc5c6c7c(cc8cc9c%10c%11c(cc%12cc%13c%14c(c%15c4c6c4c%15c6c%14c%12c%11c6c6c%10c8c7c46)C32C%13)C9)C5)cc1.O=C(OCCCc1ccc(O)cc1)C1(C(=O)OCCCc2ccc(O)cc2)C2c3cc4c5c6c(cc7cc8c9c%10c(cc%11cc%12c%13c(c%14c3c5c3c%14c5c%13c%11c%10c5c5c9c7c6c35)C21C%12)C8)C4. The van der Waals surface area contributed by atoms with Crippen LogP contribution in [0.3, 0.4) is 0 Å². The first-order valence-electron chi connectivity index (χ1n) is 52.2. The lowest BCUT2D eigenvalue weighted by Crippen LogP contribution is -2.37. The minimum absolute atomic E-state index is 0.102. The maximum Gasteiger partial charge on any atom is 0.514 e. The molecule has 2 spiro atoms. The number of rotatable bonds is 22. The number of hydrogen-bond acceptors (Lipinski definition) is 16. The molecule has 0 heterocycles. The highest BCUT2D eigenvalue weighted by Crippen LogP contribution is 2.87. The fourth-order valence-electron chi connectivity index (χ4n) is 34.3. The van der Waals surface area contributed by atoms with Gasteiger partial charge in [0.15, 0.2) is 10.8 Å². The smallest absolute Gasteiger partial charge is 0.508 e. The van der Waals surface area contributed by atoms with Gasteiger partial charge in [0.2, 0.25) is 0 Å². The van der Waals surface area contributed by atoms with E-state index in [1.807, 2.05) is 48.5 Å². The predicted octanol–water partition coefficient (Wildman–Crippen LogP) is 27.9. The first kappa shape index (κ1) is 78.6. The van der Waals surface area contributed by atoms with Crippen molar-refractivity contribution in [1.82, 2.24) is 0 Å². The molecule has 10 aliphatic carbocycles. The van der Waals surface area contributed by atoms with Crippen LogP contribution in [0.2, 0.25) is 0 Å². The number of phenols is 2. The summed E-state index contributed by atoms with van der Waals surface area (Å²) < 4.78 is 47.7. The average Bonchev–Trinajstić information content (AvgIpc) is 1.41. The Morgan fingerprint density at radius 2 is 0.493 bits per heavy atom. The molecule has 0 aliphatic heterocycles. The zero-order valence-electron chi connectivity index (χ0n) is 80.5. The van der Waals surface area contributed by atoms with E-state index >= 15 is 19.2 Å². The third kappa shape index (κ3) is 8.33.